The Morgan fingerprint density at radius 2 is 2.25 bits per heavy atom. The van der Waals surface area contributed by atoms with Gasteiger partial charge >= 0.3 is 0 Å². The van der Waals surface area contributed by atoms with E-state index < -0.39 is 0 Å². The molecule has 2 atom stereocenters. The van der Waals surface area contributed by atoms with E-state index in [1.165, 1.54) is 37.7 Å². The minimum absolute atomic E-state index is 0.706. The highest BCUT2D eigenvalue weighted by Crippen LogP contribution is 2.31. The average Bonchev–Trinajstić information content (AvgIpc) is 2.56. The molecule has 1 saturated carbocycles. The fourth-order valence-electron chi connectivity index (χ4n) is 2.75. The molecular formula is C14H22N2. The molecule has 1 fully saturated rings. The van der Waals surface area contributed by atoms with Gasteiger partial charge in [0.15, 0.2) is 0 Å². The fraction of sp³-hybridized carbons (Fsp3) is 0.643. The van der Waals surface area contributed by atoms with Crippen LogP contribution in [0.4, 0.5) is 0 Å². The third-order valence-electron chi connectivity index (χ3n) is 3.57. The Balaban J connectivity index is 2.03. The molecule has 0 saturated heterocycles. The Hall–Kier alpha value is -0.890. The minimum atomic E-state index is 0.706. The molecule has 88 valence electrons. The predicted octanol–water partition coefficient (Wildman–Crippen LogP) is 3.11. The molecule has 16 heavy (non-hydrogen) atoms. The maximum atomic E-state index is 4.24. The monoisotopic (exact) mass is 218 g/mol. The summed E-state index contributed by atoms with van der Waals surface area (Å²) in [5.41, 5.74) is 1.42. The van der Waals surface area contributed by atoms with E-state index >= 15 is 0 Å². The lowest BCUT2D eigenvalue weighted by atomic mass is 9.91. The van der Waals surface area contributed by atoms with Gasteiger partial charge in [-0.25, -0.2) is 0 Å². The molecule has 2 rings (SSSR count). The lowest BCUT2D eigenvalue weighted by molar-refractivity contribution is 0.449. The van der Waals surface area contributed by atoms with E-state index in [-0.39, 0.29) is 0 Å². The Morgan fingerprint density at radius 1 is 1.38 bits per heavy atom. The first-order valence-electron chi connectivity index (χ1n) is 6.53. The topological polar surface area (TPSA) is 24.9 Å². The van der Waals surface area contributed by atoms with Gasteiger partial charge < -0.3 is 5.32 Å². The molecule has 2 unspecified atom stereocenters. The lowest BCUT2D eigenvalue weighted by Gasteiger charge is -2.20. The van der Waals surface area contributed by atoms with Gasteiger partial charge in [0.2, 0.25) is 0 Å². The average molecular weight is 218 g/mol. The Bertz CT molecular complexity index is 297. The predicted molar refractivity (Wildman–Crippen MR) is 67.5 cm³/mol. The third kappa shape index (κ3) is 3.05. The highest BCUT2D eigenvalue weighted by Gasteiger charge is 2.20. The molecule has 1 N–H and O–H groups in total. The summed E-state index contributed by atoms with van der Waals surface area (Å²) in [6.45, 7) is 3.29. The van der Waals surface area contributed by atoms with Crippen molar-refractivity contribution in [3.05, 3.63) is 30.1 Å². The number of nitrogens with one attached hydrogen (secondary N) is 1. The van der Waals surface area contributed by atoms with Crippen molar-refractivity contribution in [2.75, 3.05) is 6.54 Å². The van der Waals surface area contributed by atoms with Gasteiger partial charge in [-0.1, -0.05) is 25.8 Å². The van der Waals surface area contributed by atoms with E-state index in [0.29, 0.717) is 12.0 Å². The molecule has 1 heterocycles. The van der Waals surface area contributed by atoms with Crippen molar-refractivity contribution in [1.29, 1.82) is 0 Å². The van der Waals surface area contributed by atoms with Crippen LogP contribution in [0.3, 0.4) is 0 Å². The lowest BCUT2D eigenvalue weighted by Crippen LogP contribution is -2.29. The summed E-state index contributed by atoms with van der Waals surface area (Å²) < 4.78 is 0. The Morgan fingerprint density at radius 3 is 3.00 bits per heavy atom. The second-order valence-corrected chi connectivity index (χ2v) is 4.76. The van der Waals surface area contributed by atoms with Crippen LogP contribution >= 0.6 is 0 Å². The number of hydrogen-bond acceptors (Lipinski definition) is 2. The number of aromatic nitrogens is 1. The summed E-state index contributed by atoms with van der Waals surface area (Å²) in [6.07, 6.45) is 10.6. The third-order valence-corrected chi connectivity index (χ3v) is 3.57. The maximum absolute atomic E-state index is 4.24. The molecule has 0 aromatic carbocycles. The SMILES string of the molecule is CCNC1CCCCC(c2cccnc2)C1. The Kier molecular flexibility index (Phi) is 4.34. The van der Waals surface area contributed by atoms with Crippen molar-refractivity contribution >= 4 is 0 Å². The first kappa shape index (κ1) is 11.6. The molecule has 1 aromatic heterocycles. The summed E-state index contributed by atoms with van der Waals surface area (Å²) >= 11 is 0. The highest BCUT2D eigenvalue weighted by molar-refractivity contribution is 5.15. The highest BCUT2D eigenvalue weighted by atomic mass is 14.9. The van der Waals surface area contributed by atoms with E-state index in [1.54, 1.807) is 0 Å². The quantitative estimate of drug-likeness (QED) is 0.789. The molecule has 1 aromatic rings. The van der Waals surface area contributed by atoms with Crippen LogP contribution in [0, 0.1) is 0 Å². The van der Waals surface area contributed by atoms with Crippen LogP contribution in [0.15, 0.2) is 24.5 Å². The van der Waals surface area contributed by atoms with E-state index in [2.05, 4.69) is 29.4 Å². The summed E-state index contributed by atoms with van der Waals surface area (Å²) in [5.74, 6) is 0.709. The standard InChI is InChI=1S/C14H22N2/c1-2-16-14-8-4-3-6-12(10-14)13-7-5-9-15-11-13/h5,7,9,11-12,14,16H,2-4,6,8,10H2,1H3. The van der Waals surface area contributed by atoms with Crippen molar-refractivity contribution < 1.29 is 0 Å². The Labute approximate surface area is 98.5 Å². The van der Waals surface area contributed by atoms with E-state index in [0.717, 1.165) is 6.54 Å². The van der Waals surface area contributed by atoms with Crippen LogP contribution in [0.5, 0.6) is 0 Å². The molecule has 2 nitrogen and oxygen atoms in total. The number of hydrogen-bond donors (Lipinski definition) is 1. The number of nitrogens with zero attached hydrogens (tertiary/aromatic N) is 1. The normalized spacial score (nSPS) is 26.3. The van der Waals surface area contributed by atoms with Gasteiger partial charge in [0, 0.05) is 18.4 Å². The largest absolute Gasteiger partial charge is 0.314 e. The molecule has 0 bridgehead atoms. The van der Waals surface area contributed by atoms with E-state index in [4.69, 9.17) is 0 Å². The zero-order valence-electron chi connectivity index (χ0n) is 10.2. The van der Waals surface area contributed by atoms with Crippen molar-refractivity contribution in [1.82, 2.24) is 10.3 Å². The van der Waals surface area contributed by atoms with Gasteiger partial charge in [-0.15, -0.1) is 0 Å². The van der Waals surface area contributed by atoms with E-state index in [1.807, 2.05) is 12.4 Å². The first-order chi connectivity index (χ1) is 7.90. The molecular weight excluding hydrogens is 196 g/mol. The van der Waals surface area contributed by atoms with Crippen molar-refractivity contribution in [3.8, 4) is 0 Å². The van der Waals surface area contributed by atoms with Gasteiger partial charge in [-0.2, -0.15) is 0 Å². The van der Waals surface area contributed by atoms with Crippen LogP contribution < -0.4 is 5.32 Å². The molecule has 0 aliphatic heterocycles. The summed E-state index contributed by atoms with van der Waals surface area (Å²) in [6, 6.07) is 4.99. The summed E-state index contributed by atoms with van der Waals surface area (Å²) in [4.78, 5) is 4.24. The van der Waals surface area contributed by atoms with Crippen LogP contribution in [0.25, 0.3) is 0 Å². The van der Waals surface area contributed by atoms with Gasteiger partial charge in [0.05, 0.1) is 0 Å². The molecule has 2 heteroatoms. The zero-order valence-corrected chi connectivity index (χ0v) is 10.2. The molecule has 1 aliphatic rings. The van der Waals surface area contributed by atoms with Crippen LogP contribution in [-0.2, 0) is 0 Å². The second-order valence-electron chi connectivity index (χ2n) is 4.76. The summed E-state index contributed by atoms with van der Waals surface area (Å²) in [7, 11) is 0. The fourth-order valence-corrected chi connectivity index (χ4v) is 2.75. The maximum Gasteiger partial charge on any atom is 0.0302 e. The molecule has 0 spiro atoms. The summed E-state index contributed by atoms with van der Waals surface area (Å²) in [5, 5.41) is 3.60. The van der Waals surface area contributed by atoms with Crippen LogP contribution in [0.1, 0.15) is 50.5 Å². The smallest absolute Gasteiger partial charge is 0.0302 e. The van der Waals surface area contributed by atoms with Crippen LogP contribution in [-0.4, -0.2) is 17.6 Å². The zero-order chi connectivity index (χ0) is 11.2. The second kappa shape index (κ2) is 6.00. The van der Waals surface area contributed by atoms with Crippen molar-refractivity contribution in [2.45, 2.75) is 51.0 Å². The molecule has 0 amide bonds. The minimum Gasteiger partial charge on any atom is -0.314 e. The van der Waals surface area contributed by atoms with E-state index in [9.17, 15) is 0 Å². The van der Waals surface area contributed by atoms with Gasteiger partial charge in [-0.3, -0.25) is 4.98 Å². The van der Waals surface area contributed by atoms with Crippen molar-refractivity contribution in [2.24, 2.45) is 0 Å². The van der Waals surface area contributed by atoms with Gasteiger partial charge in [0.25, 0.3) is 0 Å². The molecule has 0 radical (unpaired) electrons. The van der Waals surface area contributed by atoms with Gasteiger partial charge in [0.1, 0.15) is 0 Å². The molecule has 1 aliphatic carbocycles. The number of rotatable bonds is 3. The van der Waals surface area contributed by atoms with Crippen LogP contribution in [0.2, 0.25) is 0 Å². The number of pyridine rings is 1. The van der Waals surface area contributed by atoms with Crippen molar-refractivity contribution in [3.63, 3.8) is 0 Å². The first-order valence-corrected chi connectivity index (χ1v) is 6.53. The van der Waals surface area contributed by atoms with Gasteiger partial charge in [-0.05, 0) is 43.4 Å².